The van der Waals surface area contributed by atoms with E-state index in [1.54, 1.807) is 7.11 Å². The van der Waals surface area contributed by atoms with Crippen molar-refractivity contribution >= 4 is 11.8 Å². The molecule has 1 aromatic rings. The van der Waals surface area contributed by atoms with Crippen LogP contribution in [0.2, 0.25) is 0 Å². The third-order valence-corrected chi connectivity index (χ3v) is 2.42. The van der Waals surface area contributed by atoms with Gasteiger partial charge in [0.2, 0.25) is 0 Å². The van der Waals surface area contributed by atoms with E-state index in [1.807, 2.05) is 24.3 Å². The van der Waals surface area contributed by atoms with Crippen molar-refractivity contribution in [1.82, 2.24) is 0 Å². The fourth-order valence-corrected chi connectivity index (χ4v) is 1.49. The molecule has 0 aliphatic heterocycles. The van der Waals surface area contributed by atoms with Crippen LogP contribution < -0.4 is 4.74 Å². The zero-order valence-electron chi connectivity index (χ0n) is 10.1. The predicted octanol–water partition coefficient (Wildman–Crippen LogP) is 1.76. The van der Waals surface area contributed by atoms with Gasteiger partial charge in [0.1, 0.15) is 11.5 Å². The second kappa shape index (κ2) is 6.68. The van der Waals surface area contributed by atoms with Crippen LogP contribution in [0, 0.1) is 0 Å². The average molecular weight is 236 g/mol. The van der Waals surface area contributed by atoms with E-state index in [4.69, 9.17) is 4.74 Å². The number of benzene rings is 1. The zero-order chi connectivity index (χ0) is 12.7. The number of methoxy groups -OCH3 is 2. The number of Topliss-reactive ketones (excluding diaryl/α,β-unsaturated/α-hetero) is 1. The molecule has 0 bridgehead atoms. The van der Waals surface area contributed by atoms with Crippen molar-refractivity contribution in [2.24, 2.45) is 0 Å². The topological polar surface area (TPSA) is 52.6 Å². The Bertz CT molecular complexity index is 398. The number of esters is 1. The first-order chi connectivity index (χ1) is 8.17. The van der Waals surface area contributed by atoms with Gasteiger partial charge in [-0.25, -0.2) is 0 Å². The Hall–Kier alpha value is -1.84. The summed E-state index contributed by atoms with van der Waals surface area (Å²) in [6.07, 6.45) is 0.607. The van der Waals surface area contributed by atoms with Crippen LogP contribution in [0.4, 0.5) is 0 Å². The molecule has 0 spiro atoms. The van der Waals surface area contributed by atoms with E-state index in [1.165, 1.54) is 7.11 Å². The molecule has 0 fully saturated rings. The van der Waals surface area contributed by atoms with E-state index in [0.717, 1.165) is 5.56 Å². The molecule has 4 nitrogen and oxygen atoms in total. The van der Waals surface area contributed by atoms with Crippen molar-refractivity contribution in [2.45, 2.75) is 19.3 Å². The lowest BCUT2D eigenvalue weighted by atomic mass is 10.0. The van der Waals surface area contributed by atoms with Gasteiger partial charge in [0.15, 0.2) is 0 Å². The van der Waals surface area contributed by atoms with Crippen molar-refractivity contribution in [2.75, 3.05) is 14.2 Å². The molecule has 0 unspecified atom stereocenters. The van der Waals surface area contributed by atoms with Crippen LogP contribution in [0.5, 0.6) is 5.75 Å². The normalized spacial score (nSPS) is 9.76. The smallest absolute Gasteiger partial charge is 0.305 e. The van der Waals surface area contributed by atoms with E-state index in [-0.39, 0.29) is 31.0 Å². The van der Waals surface area contributed by atoms with E-state index in [9.17, 15) is 9.59 Å². The Balaban J connectivity index is 2.53. The largest absolute Gasteiger partial charge is 0.496 e. The number of rotatable bonds is 6. The summed E-state index contributed by atoms with van der Waals surface area (Å²) in [5, 5.41) is 0. The van der Waals surface area contributed by atoms with E-state index < -0.39 is 0 Å². The quantitative estimate of drug-likeness (QED) is 0.706. The van der Waals surface area contributed by atoms with Gasteiger partial charge in [0.25, 0.3) is 0 Å². The molecule has 0 heterocycles. The molecule has 4 heteroatoms. The lowest BCUT2D eigenvalue weighted by Crippen LogP contribution is -2.08. The number of ketones is 1. The van der Waals surface area contributed by atoms with Crippen molar-refractivity contribution < 1.29 is 19.1 Å². The summed E-state index contributed by atoms with van der Waals surface area (Å²) < 4.78 is 9.63. The molecule has 0 amide bonds. The SMILES string of the molecule is COC(=O)CCC(=O)Cc1ccccc1OC. The highest BCUT2D eigenvalue weighted by Gasteiger charge is 2.10. The highest BCUT2D eigenvalue weighted by molar-refractivity contribution is 5.85. The second-order valence-corrected chi connectivity index (χ2v) is 3.60. The number of hydrogen-bond acceptors (Lipinski definition) is 4. The van der Waals surface area contributed by atoms with Gasteiger partial charge in [0, 0.05) is 18.4 Å². The fourth-order valence-electron chi connectivity index (χ4n) is 1.49. The molecule has 0 aliphatic rings. The Morgan fingerprint density at radius 3 is 2.47 bits per heavy atom. The summed E-state index contributed by atoms with van der Waals surface area (Å²) in [5.74, 6) is 0.331. The summed E-state index contributed by atoms with van der Waals surface area (Å²) >= 11 is 0. The maximum absolute atomic E-state index is 11.6. The lowest BCUT2D eigenvalue weighted by molar-refractivity contribution is -0.141. The molecular weight excluding hydrogens is 220 g/mol. The van der Waals surface area contributed by atoms with E-state index in [2.05, 4.69) is 4.74 Å². The highest BCUT2D eigenvalue weighted by atomic mass is 16.5. The molecule has 0 saturated heterocycles. The number of hydrogen-bond donors (Lipinski definition) is 0. The maximum Gasteiger partial charge on any atom is 0.305 e. The third-order valence-electron chi connectivity index (χ3n) is 2.42. The van der Waals surface area contributed by atoms with Gasteiger partial charge in [0.05, 0.1) is 20.6 Å². The summed E-state index contributed by atoms with van der Waals surface area (Å²) in [5.41, 5.74) is 0.838. The van der Waals surface area contributed by atoms with Gasteiger partial charge < -0.3 is 9.47 Å². The van der Waals surface area contributed by atoms with Gasteiger partial charge in [-0.05, 0) is 6.07 Å². The summed E-state index contributed by atoms with van der Waals surface area (Å²) in [4.78, 5) is 22.5. The first kappa shape index (κ1) is 13.2. The molecule has 1 rings (SSSR count). The van der Waals surface area contributed by atoms with Crippen LogP contribution in [0.25, 0.3) is 0 Å². The Morgan fingerprint density at radius 2 is 1.82 bits per heavy atom. The first-order valence-electron chi connectivity index (χ1n) is 5.37. The van der Waals surface area contributed by atoms with Crippen molar-refractivity contribution in [3.8, 4) is 5.75 Å². The van der Waals surface area contributed by atoms with Gasteiger partial charge >= 0.3 is 5.97 Å². The maximum atomic E-state index is 11.6. The number of para-hydroxylation sites is 1. The van der Waals surface area contributed by atoms with Crippen LogP contribution in [-0.4, -0.2) is 26.0 Å². The molecule has 92 valence electrons. The summed E-state index contributed by atoms with van der Waals surface area (Å²) in [7, 11) is 2.88. The minimum atomic E-state index is -0.363. The fraction of sp³-hybridized carbons (Fsp3) is 0.385. The standard InChI is InChI=1S/C13H16O4/c1-16-12-6-4-3-5-10(12)9-11(14)7-8-13(15)17-2/h3-6H,7-9H2,1-2H3. The van der Waals surface area contributed by atoms with Crippen LogP contribution >= 0.6 is 0 Å². The minimum absolute atomic E-state index is 0.0000926. The second-order valence-electron chi connectivity index (χ2n) is 3.60. The molecular formula is C13H16O4. The first-order valence-corrected chi connectivity index (χ1v) is 5.37. The van der Waals surface area contributed by atoms with Crippen LogP contribution in [0.1, 0.15) is 18.4 Å². The van der Waals surface area contributed by atoms with Crippen LogP contribution in [0.15, 0.2) is 24.3 Å². The van der Waals surface area contributed by atoms with Crippen molar-refractivity contribution in [1.29, 1.82) is 0 Å². The number of ether oxygens (including phenoxy) is 2. The number of carbonyl (C=O) groups excluding carboxylic acids is 2. The average Bonchev–Trinajstić information content (AvgIpc) is 2.36. The molecule has 17 heavy (non-hydrogen) atoms. The van der Waals surface area contributed by atoms with E-state index >= 15 is 0 Å². The Labute approximate surface area is 101 Å². The summed E-state index contributed by atoms with van der Waals surface area (Å²) in [6.45, 7) is 0. The van der Waals surface area contributed by atoms with Crippen molar-refractivity contribution in [3.05, 3.63) is 29.8 Å². The highest BCUT2D eigenvalue weighted by Crippen LogP contribution is 2.18. The molecule has 0 aliphatic carbocycles. The molecule has 1 aromatic carbocycles. The van der Waals surface area contributed by atoms with Gasteiger partial charge in [-0.1, -0.05) is 18.2 Å². The van der Waals surface area contributed by atoms with Crippen LogP contribution in [-0.2, 0) is 20.7 Å². The van der Waals surface area contributed by atoms with Crippen molar-refractivity contribution in [3.63, 3.8) is 0 Å². The zero-order valence-corrected chi connectivity index (χ0v) is 10.1. The van der Waals surface area contributed by atoms with Crippen LogP contribution in [0.3, 0.4) is 0 Å². The monoisotopic (exact) mass is 236 g/mol. The minimum Gasteiger partial charge on any atom is -0.496 e. The van der Waals surface area contributed by atoms with E-state index in [0.29, 0.717) is 5.75 Å². The van der Waals surface area contributed by atoms with Gasteiger partial charge in [-0.3, -0.25) is 9.59 Å². The van der Waals surface area contributed by atoms with Gasteiger partial charge in [-0.2, -0.15) is 0 Å². The predicted molar refractivity (Wildman–Crippen MR) is 63.0 cm³/mol. The Kier molecular flexibility index (Phi) is 5.20. The third kappa shape index (κ3) is 4.26. The summed E-state index contributed by atoms with van der Waals surface area (Å²) in [6, 6.07) is 7.35. The lowest BCUT2D eigenvalue weighted by Gasteiger charge is -2.07. The van der Waals surface area contributed by atoms with Gasteiger partial charge in [-0.15, -0.1) is 0 Å². The molecule has 0 N–H and O–H groups in total. The molecule has 0 radical (unpaired) electrons. The molecule has 0 atom stereocenters. The number of carbonyl (C=O) groups is 2. The Morgan fingerprint density at radius 1 is 1.12 bits per heavy atom. The molecule has 0 saturated carbocycles. The molecule has 0 aromatic heterocycles.